The van der Waals surface area contributed by atoms with Gasteiger partial charge < -0.3 is 21.2 Å². The van der Waals surface area contributed by atoms with Crippen LogP contribution < -0.4 is 5.73 Å². The van der Waals surface area contributed by atoms with Crippen molar-refractivity contribution in [2.75, 3.05) is 0 Å². The van der Waals surface area contributed by atoms with E-state index in [1.807, 2.05) is 0 Å². The maximum absolute atomic E-state index is 13.4. The minimum absolute atomic E-state index is 0.125. The van der Waals surface area contributed by atoms with E-state index in [-0.39, 0.29) is 28.8 Å². The Balaban J connectivity index is 2.63. The molecule has 18 heavy (non-hydrogen) atoms. The third-order valence-corrected chi connectivity index (χ3v) is 2.38. The smallest absolute Gasteiger partial charge is 0.198 e. The van der Waals surface area contributed by atoms with Gasteiger partial charge in [0.25, 0.3) is 0 Å². The standard InChI is InChI=1S/C11H10FN3O3/c12-7-3-6(11(13)14-18)4-8(5-7)15-9(16)1-2-10(15)17/h1-5,16-18H,(H2,13,14). The molecule has 0 aliphatic heterocycles. The number of nitrogens with zero attached hydrogens (tertiary/aromatic N) is 2. The number of benzene rings is 1. The van der Waals surface area contributed by atoms with Gasteiger partial charge in [-0.05, 0) is 18.2 Å². The van der Waals surface area contributed by atoms with Crippen LogP contribution in [0.3, 0.4) is 0 Å². The van der Waals surface area contributed by atoms with Crippen LogP contribution in [0, 0.1) is 5.82 Å². The van der Waals surface area contributed by atoms with Crippen molar-refractivity contribution < 1.29 is 19.8 Å². The molecule has 0 aliphatic carbocycles. The number of amidine groups is 1. The van der Waals surface area contributed by atoms with E-state index in [1.54, 1.807) is 0 Å². The van der Waals surface area contributed by atoms with Gasteiger partial charge in [-0.3, -0.25) is 4.57 Å². The Bertz CT molecular complexity index is 602. The molecule has 0 amide bonds. The quantitative estimate of drug-likeness (QED) is 0.278. The number of nitrogens with two attached hydrogens (primary N) is 1. The van der Waals surface area contributed by atoms with E-state index < -0.39 is 5.82 Å². The lowest BCUT2D eigenvalue weighted by molar-refractivity contribution is 0.318. The Hall–Kier alpha value is -2.70. The summed E-state index contributed by atoms with van der Waals surface area (Å²) in [4.78, 5) is 0. The van der Waals surface area contributed by atoms with Crippen molar-refractivity contribution in [3.05, 3.63) is 41.7 Å². The zero-order chi connectivity index (χ0) is 13.3. The Morgan fingerprint density at radius 3 is 2.33 bits per heavy atom. The van der Waals surface area contributed by atoms with Crippen molar-refractivity contribution in [1.82, 2.24) is 4.57 Å². The Morgan fingerprint density at radius 1 is 1.17 bits per heavy atom. The SMILES string of the molecule is NC(=NO)c1cc(F)cc(-n2c(O)ccc2O)c1. The van der Waals surface area contributed by atoms with Crippen molar-refractivity contribution >= 4 is 5.84 Å². The van der Waals surface area contributed by atoms with E-state index in [0.717, 1.165) is 16.7 Å². The predicted octanol–water partition coefficient (Wildman–Crippen LogP) is 1.12. The van der Waals surface area contributed by atoms with Crippen LogP contribution in [0.15, 0.2) is 35.5 Å². The molecule has 0 unspecified atom stereocenters. The lowest BCUT2D eigenvalue weighted by Gasteiger charge is -2.09. The minimum Gasteiger partial charge on any atom is -0.494 e. The first-order valence-corrected chi connectivity index (χ1v) is 4.91. The number of hydrogen-bond donors (Lipinski definition) is 4. The fraction of sp³-hybridized carbons (Fsp3) is 0. The van der Waals surface area contributed by atoms with Crippen LogP contribution in [-0.2, 0) is 0 Å². The summed E-state index contributed by atoms with van der Waals surface area (Å²) >= 11 is 0. The topological polar surface area (TPSA) is 104 Å². The lowest BCUT2D eigenvalue weighted by atomic mass is 10.1. The first kappa shape index (κ1) is 11.8. The molecule has 94 valence electrons. The second-order valence-corrected chi connectivity index (χ2v) is 3.57. The summed E-state index contributed by atoms with van der Waals surface area (Å²) in [6, 6.07) is 6.02. The highest BCUT2D eigenvalue weighted by Gasteiger charge is 2.11. The average Bonchev–Trinajstić information content (AvgIpc) is 2.67. The molecule has 0 radical (unpaired) electrons. The number of rotatable bonds is 2. The van der Waals surface area contributed by atoms with Gasteiger partial charge in [-0.1, -0.05) is 5.16 Å². The van der Waals surface area contributed by atoms with Crippen LogP contribution in [0.5, 0.6) is 11.8 Å². The van der Waals surface area contributed by atoms with Crippen molar-refractivity contribution in [3.8, 4) is 17.4 Å². The van der Waals surface area contributed by atoms with Gasteiger partial charge in [0.2, 0.25) is 0 Å². The monoisotopic (exact) mass is 251 g/mol. The first-order valence-electron chi connectivity index (χ1n) is 4.91. The van der Waals surface area contributed by atoms with E-state index in [2.05, 4.69) is 5.16 Å². The Labute approximate surface area is 101 Å². The largest absolute Gasteiger partial charge is 0.494 e. The molecule has 1 aromatic carbocycles. The molecule has 0 fully saturated rings. The maximum atomic E-state index is 13.4. The van der Waals surface area contributed by atoms with E-state index >= 15 is 0 Å². The van der Waals surface area contributed by atoms with Gasteiger partial charge in [0.05, 0.1) is 5.69 Å². The highest BCUT2D eigenvalue weighted by molar-refractivity contribution is 5.97. The molecule has 7 heteroatoms. The van der Waals surface area contributed by atoms with Gasteiger partial charge in [-0.15, -0.1) is 0 Å². The molecule has 1 heterocycles. The number of aromatic nitrogens is 1. The second kappa shape index (κ2) is 4.28. The molecule has 0 aliphatic rings. The van der Waals surface area contributed by atoms with Gasteiger partial charge in [-0.2, -0.15) is 0 Å². The third-order valence-electron chi connectivity index (χ3n) is 2.38. The van der Waals surface area contributed by atoms with E-state index in [0.29, 0.717) is 0 Å². The number of aromatic hydroxyl groups is 2. The van der Waals surface area contributed by atoms with Crippen molar-refractivity contribution in [3.63, 3.8) is 0 Å². The van der Waals surface area contributed by atoms with Gasteiger partial charge >= 0.3 is 0 Å². The maximum Gasteiger partial charge on any atom is 0.198 e. The first-order chi connectivity index (χ1) is 8.52. The number of hydrogen-bond acceptors (Lipinski definition) is 4. The molecular formula is C11H10FN3O3. The van der Waals surface area contributed by atoms with Crippen LogP contribution in [0.1, 0.15) is 5.56 Å². The summed E-state index contributed by atoms with van der Waals surface area (Å²) in [5, 5.41) is 30.4. The van der Waals surface area contributed by atoms with Crippen molar-refractivity contribution in [1.29, 1.82) is 0 Å². The highest BCUT2D eigenvalue weighted by atomic mass is 19.1. The zero-order valence-electron chi connectivity index (χ0n) is 9.08. The molecule has 0 saturated carbocycles. The fourth-order valence-electron chi connectivity index (χ4n) is 1.59. The fourth-order valence-corrected chi connectivity index (χ4v) is 1.59. The van der Waals surface area contributed by atoms with Crippen LogP contribution in [0.25, 0.3) is 5.69 Å². The van der Waals surface area contributed by atoms with E-state index in [4.69, 9.17) is 10.9 Å². The van der Waals surface area contributed by atoms with Crippen LogP contribution in [0.2, 0.25) is 0 Å². The third kappa shape index (κ3) is 1.93. The molecule has 0 spiro atoms. The van der Waals surface area contributed by atoms with Crippen LogP contribution in [0.4, 0.5) is 4.39 Å². The highest BCUT2D eigenvalue weighted by Crippen LogP contribution is 2.27. The molecule has 0 saturated heterocycles. The summed E-state index contributed by atoms with van der Waals surface area (Å²) < 4.78 is 14.4. The molecule has 6 nitrogen and oxygen atoms in total. The molecule has 2 aromatic rings. The summed E-state index contributed by atoms with van der Waals surface area (Å²) in [5.41, 5.74) is 5.64. The van der Waals surface area contributed by atoms with Crippen LogP contribution >= 0.6 is 0 Å². The van der Waals surface area contributed by atoms with Crippen molar-refractivity contribution in [2.24, 2.45) is 10.9 Å². The Morgan fingerprint density at radius 2 is 1.78 bits per heavy atom. The van der Waals surface area contributed by atoms with Gasteiger partial charge in [0.1, 0.15) is 5.82 Å². The number of oxime groups is 1. The van der Waals surface area contributed by atoms with Crippen LogP contribution in [-0.4, -0.2) is 25.8 Å². The zero-order valence-corrected chi connectivity index (χ0v) is 9.08. The molecule has 2 rings (SSSR count). The minimum atomic E-state index is -0.651. The number of halogens is 1. The lowest BCUT2D eigenvalue weighted by Crippen LogP contribution is -2.14. The second-order valence-electron chi connectivity index (χ2n) is 3.57. The molecule has 0 atom stereocenters. The summed E-state index contributed by atoms with van der Waals surface area (Å²) in [6.07, 6.45) is 0. The summed E-state index contributed by atoms with van der Waals surface area (Å²) in [6.45, 7) is 0. The molecule has 0 bridgehead atoms. The van der Waals surface area contributed by atoms with E-state index in [1.165, 1.54) is 18.2 Å². The van der Waals surface area contributed by atoms with Crippen molar-refractivity contribution in [2.45, 2.75) is 0 Å². The van der Waals surface area contributed by atoms with E-state index in [9.17, 15) is 14.6 Å². The predicted molar refractivity (Wildman–Crippen MR) is 61.6 cm³/mol. The van der Waals surface area contributed by atoms with Gasteiger partial charge in [-0.25, -0.2) is 4.39 Å². The summed E-state index contributed by atoms with van der Waals surface area (Å²) in [7, 11) is 0. The average molecular weight is 251 g/mol. The summed E-state index contributed by atoms with van der Waals surface area (Å²) in [5.74, 6) is -1.45. The normalized spacial score (nSPS) is 11.7. The Kier molecular flexibility index (Phi) is 2.80. The molecule has 1 aromatic heterocycles. The molecular weight excluding hydrogens is 241 g/mol. The molecule has 5 N–H and O–H groups in total. The van der Waals surface area contributed by atoms with Gasteiger partial charge in [0.15, 0.2) is 17.6 Å². The van der Waals surface area contributed by atoms with Gasteiger partial charge in [0, 0.05) is 17.7 Å².